The molecule has 2 aromatic heterocycles. The first kappa shape index (κ1) is 14.1. The highest BCUT2D eigenvalue weighted by atomic mass is 19.4. The van der Waals surface area contributed by atoms with Crippen LogP contribution in [0.15, 0.2) is 42.7 Å². The van der Waals surface area contributed by atoms with Crippen LogP contribution in [0.3, 0.4) is 0 Å². The number of pyridine rings is 1. The number of hydrogen-bond donors (Lipinski definition) is 1. The van der Waals surface area contributed by atoms with E-state index in [9.17, 15) is 18.0 Å². The zero-order chi connectivity index (χ0) is 15.9. The molecule has 0 unspecified atom stereocenters. The second-order valence-corrected chi connectivity index (χ2v) is 4.51. The first-order chi connectivity index (χ1) is 10.4. The molecule has 1 N–H and O–H groups in total. The molecule has 0 spiro atoms. The van der Waals surface area contributed by atoms with Crippen LogP contribution in [0.5, 0.6) is 0 Å². The Hall–Kier alpha value is -2.90. The van der Waals surface area contributed by atoms with Gasteiger partial charge in [-0.1, -0.05) is 6.07 Å². The molecular formula is C14H8F3N3O2. The van der Waals surface area contributed by atoms with Crippen molar-refractivity contribution in [1.82, 2.24) is 14.5 Å². The topological polar surface area (TPSA) is 68.0 Å². The van der Waals surface area contributed by atoms with Gasteiger partial charge in [-0.15, -0.1) is 0 Å². The zero-order valence-corrected chi connectivity index (χ0v) is 10.9. The predicted octanol–water partition coefficient (Wildman–Crippen LogP) is 3.14. The van der Waals surface area contributed by atoms with Crippen molar-refractivity contribution in [3.8, 4) is 5.69 Å². The van der Waals surface area contributed by atoms with Gasteiger partial charge in [0.05, 0.1) is 5.56 Å². The molecule has 0 bridgehead atoms. The van der Waals surface area contributed by atoms with Crippen LogP contribution >= 0.6 is 0 Å². The highest BCUT2D eigenvalue weighted by molar-refractivity contribution is 5.88. The van der Waals surface area contributed by atoms with Gasteiger partial charge < -0.3 is 5.11 Å². The maximum Gasteiger partial charge on any atom is 0.416 e. The summed E-state index contributed by atoms with van der Waals surface area (Å²) in [5, 5.41) is 8.95. The van der Waals surface area contributed by atoms with Gasteiger partial charge in [0.2, 0.25) is 0 Å². The van der Waals surface area contributed by atoms with E-state index in [4.69, 9.17) is 5.11 Å². The first-order valence-corrected chi connectivity index (χ1v) is 6.11. The summed E-state index contributed by atoms with van der Waals surface area (Å²) in [5.74, 6) is -1.22. The van der Waals surface area contributed by atoms with Crippen LogP contribution in [0.1, 0.15) is 16.1 Å². The Bertz CT molecular complexity index is 871. The van der Waals surface area contributed by atoms with Crippen LogP contribution in [0.4, 0.5) is 13.2 Å². The molecule has 3 rings (SSSR count). The molecule has 0 radical (unpaired) electrons. The molecule has 112 valence electrons. The molecule has 0 atom stereocenters. The van der Waals surface area contributed by atoms with Crippen molar-refractivity contribution < 1.29 is 23.1 Å². The number of carboxylic acid groups (broad SMARTS) is 1. The van der Waals surface area contributed by atoms with E-state index in [1.165, 1.54) is 35.2 Å². The largest absolute Gasteiger partial charge is 0.477 e. The fraction of sp³-hybridized carbons (Fsp3) is 0.0714. The first-order valence-electron chi connectivity index (χ1n) is 6.11. The molecule has 3 aromatic rings. The highest BCUT2D eigenvalue weighted by Crippen LogP contribution is 2.30. The van der Waals surface area contributed by atoms with Crippen LogP contribution in [0, 0.1) is 0 Å². The number of carbonyl (C=O) groups is 1. The van der Waals surface area contributed by atoms with E-state index in [2.05, 4.69) is 9.97 Å². The second kappa shape index (κ2) is 4.83. The SMILES string of the molecule is O=C(O)c1ccc2ncn(-c3cccc(C(F)(F)F)c3)c2n1. The smallest absolute Gasteiger partial charge is 0.416 e. The number of imidazole rings is 1. The molecule has 0 saturated carbocycles. The van der Waals surface area contributed by atoms with Crippen molar-refractivity contribution in [2.24, 2.45) is 0 Å². The van der Waals surface area contributed by atoms with Gasteiger partial charge in [-0.3, -0.25) is 4.57 Å². The molecular weight excluding hydrogens is 299 g/mol. The number of nitrogens with zero attached hydrogens (tertiary/aromatic N) is 3. The maximum atomic E-state index is 12.8. The summed E-state index contributed by atoms with van der Waals surface area (Å²) < 4.78 is 39.6. The average molecular weight is 307 g/mol. The predicted molar refractivity (Wildman–Crippen MR) is 70.8 cm³/mol. The van der Waals surface area contributed by atoms with Gasteiger partial charge >= 0.3 is 12.1 Å². The second-order valence-electron chi connectivity index (χ2n) is 4.51. The van der Waals surface area contributed by atoms with Crippen LogP contribution in [0.25, 0.3) is 16.9 Å². The number of rotatable bonds is 2. The Morgan fingerprint density at radius 2 is 1.95 bits per heavy atom. The van der Waals surface area contributed by atoms with E-state index in [-0.39, 0.29) is 17.0 Å². The molecule has 0 aliphatic carbocycles. The van der Waals surface area contributed by atoms with Crippen molar-refractivity contribution in [2.75, 3.05) is 0 Å². The van der Waals surface area contributed by atoms with E-state index < -0.39 is 17.7 Å². The van der Waals surface area contributed by atoms with Crippen molar-refractivity contribution in [1.29, 1.82) is 0 Å². The molecule has 0 aliphatic rings. The fourth-order valence-electron chi connectivity index (χ4n) is 2.03. The molecule has 0 saturated heterocycles. The van der Waals surface area contributed by atoms with Crippen LogP contribution in [0.2, 0.25) is 0 Å². The number of halogens is 3. The minimum absolute atomic E-state index is 0.180. The van der Waals surface area contributed by atoms with Gasteiger partial charge in [-0.05, 0) is 30.3 Å². The van der Waals surface area contributed by atoms with Crippen molar-refractivity contribution in [3.63, 3.8) is 0 Å². The maximum absolute atomic E-state index is 12.8. The molecule has 22 heavy (non-hydrogen) atoms. The zero-order valence-electron chi connectivity index (χ0n) is 10.9. The summed E-state index contributed by atoms with van der Waals surface area (Å²) in [4.78, 5) is 18.9. The number of benzene rings is 1. The molecule has 0 aliphatic heterocycles. The highest BCUT2D eigenvalue weighted by Gasteiger charge is 2.30. The number of alkyl halides is 3. The summed E-state index contributed by atoms with van der Waals surface area (Å²) in [7, 11) is 0. The van der Waals surface area contributed by atoms with Gasteiger partial charge in [0.15, 0.2) is 11.3 Å². The summed E-state index contributed by atoms with van der Waals surface area (Å²) in [5.41, 5.74) is -0.239. The lowest BCUT2D eigenvalue weighted by atomic mass is 10.2. The van der Waals surface area contributed by atoms with Crippen molar-refractivity contribution in [2.45, 2.75) is 6.18 Å². The molecule has 0 fully saturated rings. The normalized spacial score (nSPS) is 11.8. The van der Waals surface area contributed by atoms with Gasteiger partial charge in [0.25, 0.3) is 0 Å². The van der Waals surface area contributed by atoms with Gasteiger partial charge in [0.1, 0.15) is 11.8 Å². The quantitative estimate of drug-likeness (QED) is 0.789. The Kier molecular flexibility index (Phi) is 3.09. The molecule has 1 aromatic carbocycles. The van der Waals surface area contributed by atoms with Crippen LogP contribution in [-0.2, 0) is 6.18 Å². The van der Waals surface area contributed by atoms with Crippen LogP contribution in [-0.4, -0.2) is 25.6 Å². The van der Waals surface area contributed by atoms with Crippen molar-refractivity contribution in [3.05, 3.63) is 54.0 Å². The third-order valence-corrected chi connectivity index (χ3v) is 3.07. The summed E-state index contributed by atoms with van der Waals surface area (Å²) in [6.45, 7) is 0. The standard InChI is InChI=1S/C14H8F3N3O2/c15-14(16,17)8-2-1-3-9(6-8)20-7-18-10-4-5-11(13(21)22)19-12(10)20/h1-7H,(H,21,22). The number of fused-ring (bicyclic) bond motifs is 1. The Balaban J connectivity index is 2.18. The summed E-state index contributed by atoms with van der Waals surface area (Å²) in [6.07, 6.45) is -3.16. The molecule has 5 nitrogen and oxygen atoms in total. The van der Waals surface area contributed by atoms with E-state index in [1.807, 2.05) is 0 Å². The third-order valence-electron chi connectivity index (χ3n) is 3.07. The number of aromatic nitrogens is 3. The van der Waals surface area contributed by atoms with E-state index in [1.54, 1.807) is 0 Å². The average Bonchev–Trinajstić information content (AvgIpc) is 2.89. The molecule has 8 heteroatoms. The van der Waals surface area contributed by atoms with E-state index >= 15 is 0 Å². The molecule has 0 amide bonds. The van der Waals surface area contributed by atoms with Crippen LogP contribution < -0.4 is 0 Å². The van der Waals surface area contributed by atoms with E-state index in [0.717, 1.165) is 12.1 Å². The van der Waals surface area contributed by atoms with Gasteiger partial charge in [-0.2, -0.15) is 13.2 Å². The Morgan fingerprint density at radius 3 is 2.64 bits per heavy atom. The number of aromatic carboxylic acids is 1. The fourth-order valence-corrected chi connectivity index (χ4v) is 2.03. The number of hydrogen-bond acceptors (Lipinski definition) is 3. The minimum Gasteiger partial charge on any atom is -0.477 e. The number of carboxylic acids is 1. The monoisotopic (exact) mass is 307 g/mol. The third kappa shape index (κ3) is 2.39. The Morgan fingerprint density at radius 1 is 1.18 bits per heavy atom. The summed E-state index contributed by atoms with van der Waals surface area (Å²) >= 11 is 0. The Labute approximate surface area is 121 Å². The lowest BCUT2D eigenvalue weighted by molar-refractivity contribution is -0.137. The molecule has 2 heterocycles. The lowest BCUT2D eigenvalue weighted by Crippen LogP contribution is -2.06. The summed E-state index contributed by atoms with van der Waals surface area (Å²) in [6, 6.07) is 7.38. The van der Waals surface area contributed by atoms with Crippen molar-refractivity contribution >= 4 is 17.1 Å². The lowest BCUT2D eigenvalue weighted by Gasteiger charge is -2.09. The minimum atomic E-state index is -4.47. The van der Waals surface area contributed by atoms with Gasteiger partial charge in [0, 0.05) is 5.69 Å². The van der Waals surface area contributed by atoms with E-state index in [0.29, 0.717) is 5.52 Å². The van der Waals surface area contributed by atoms with Gasteiger partial charge in [-0.25, -0.2) is 14.8 Å².